The molecule has 0 unspecified atom stereocenters. The zero-order valence-corrected chi connectivity index (χ0v) is 43.8. The smallest absolute Gasteiger partial charge is 0.316 e. The first-order chi connectivity index (χ1) is 36.4. The van der Waals surface area contributed by atoms with Gasteiger partial charge in [0.25, 0.3) is 0 Å². The van der Waals surface area contributed by atoms with Crippen LogP contribution in [0.5, 0.6) is 0 Å². The second-order valence-electron chi connectivity index (χ2n) is 18.3. The topological polar surface area (TPSA) is 72.3 Å². The van der Waals surface area contributed by atoms with Crippen molar-refractivity contribution in [2.75, 3.05) is 0 Å². The first-order valence-corrected chi connectivity index (χ1v) is 24.7. The molecule has 0 amide bonds. The van der Waals surface area contributed by atoms with Crippen LogP contribution >= 0.6 is 0 Å². The van der Waals surface area contributed by atoms with E-state index in [1.807, 2.05) is 42.5 Å². The van der Waals surface area contributed by atoms with Crippen molar-refractivity contribution in [1.29, 1.82) is 0 Å². The van der Waals surface area contributed by atoms with Crippen molar-refractivity contribution in [3.8, 4) is 61.7 Å². The molecule has 0 fully saturated rings. The molecule has 13 rings (SSSR count). The number of hydrogen-bond donors (Lipinski definition) is 1. The van der Waals surface area contributed by atoms with Crippen LogP contribution < -0.4 is 0 Å². The number of para-hydroxylation sites is 3. The van der Waals surface area contributed by atoms with Gasteiger partial charge in [0.1, 0.15) is 5.82 Å². The number of rotatable bonds is 7. The molecule has 1 radical (unpaired) electrons. The number of nitrogens with zero attached hydrogens (tertiary/aromatic N) is 3. The average Bonchev–Trinajstić information content (AvgIpc) is 3.86. The summed E-state index contributed by atoms with van der Waals surface area (Å²) < 4.78 is 2.26. The van der Waals surface area contributed by atoms with Gasteiger partial charge in [0.2, 0.25) is 0 Å². The van der Waals surface area contributed by atoms with Gasteiger partial charge in [0.05, 0.1) is 29.8 Å². The number of ketones is 1. The minimum absolute atomic E-state index is 0. The SMILES string of the molecule is CC(=[OH+])C=C(C)O.[Ir].[c-]1ccccc1-c1ccccn1.c1ccc(-n2c(-c3ccc(-c4ccc5c(-c6ccc7ccccc7c6)c6ccccc6c(-c6ccc7ccccc7c6)c5c4)cc3)nc3ccccc32)cc1. The van der Waals surface area contributed by atoms with Gasteiger partial charge in [0.15, 0.2) is 0 Å². The van der Waals surface area contributed by atoms with E-state index in [0.29, 0.717) is 0 Å². The molecule has 6 heteroatoms. The second-order valence-corrected chi connectivity index (χ2v) is 18.3. The molecule has 13 aromatic rings. The molecule has 11 aromatic carbocycles. The number of benzene rings is 11. The van der Waals surface area contributed by atoms with Crippen molar-refractivity contribution in [3.63, 3.8) is 0 Å². The number of aliphatic hydroxyl groups excluding tert-OH is 1. The molecule has 2 aromatic heterocycles. The first-order valence-electron chi connectivity index (χ1n) is 24.7. The number of fused-ring (bicyclic) bond motifs is 5. The summed E-state index contributed by atoms with van der Waals surface area (Å²) in [5.74, 6) is 1.18. The van der Waals surface area contributed by atoms with Crippen LogP contribution in [0, 0.1) is 6.07 Å². The molecular formula is C69H51IrN3O2. The van der Waals surface area contributed by atoms with E-state index in [1.165, 1.54) is 90.8 Å². The summed E-state index contributed by atoms with van der Waals surface area (Å²) in [5.41, 5.74) is 13.6. The molecule has 0 aliphatic carbocycles. The third-order valence-corrected chi connectivity index (χ3v) is 13.2. The Balaban J connectivity index is 0.000000271. The predicted octanol–water partition coefficient (Wildman–Crippen LogP) is 17.9. The zero-order valence-electron chi connectivity index (χ0n) is 41.4. The molecule has 75 heavy (non-hydrogen) atoms. The van der Waals surface area contributed by atoms with E-state index in [0.717, 1.165) is 44.9 Å². The molecule has 2 heterocycles. The van der Waals surface area contributed by atoms with Gasteiger partial charge >= 0.3 is 5.78 Å². The molecule has 0 saturated carbocycles. The Morgan fingerprint density at radius 2 is 1.01 bits per heavy atom. The third-order valence-electron chi connectivity index (χ3n) is 13.2. The number of carbonyl (C=O) groups excluding carboxylic acids is 1. The van der Waals surface area contributed by atoms with Crippen molar-refractivity contribution in [2.45, 2.75) is 13.8 Å². The fourth-order valence-electron chi connectivity index (χ4n) is 9.92. The number of hydrogen-bond acceptors (Lipinski definition) is 3. The predicted molar refractivity (Wildman–Crippen MR) is 310 cm³/mol. The van der Waals surface area contributed by atoms with E-state index < -0.39 is 0 Å². The maximum atomic E-state index is 8.40. The summed E-state index contributed by atoms with van der Waals surface area (Å²) in [4.78, 5) is 17.7. The van der Waals surface area contributed by atoms with Gasteiger partial charge in [0, 0.05) is 37.6 Å². The van der Waals surface area contributed by atoms with Crippen LogP contribution in [-0.4, -0.2) is 30.2 Å². The average molecular weight is 1150 g/mol. The molecule has 0 aliphatic rings. The van der Waals surface area contributed by atoms with Gasteiger partial charge in [-0.05, 0) is 138 Å². The Hall–Kier alpha value is -9.06. The fourth-order valence-corrected chi connectivity index (χ4v) is 9.92. The summed E-state index contributed by atoms with van der Waals surface area (Å²) >= 11 is 0. The Bertz CT molecular complexity index is 4130. The number of aromatic nitrogens is 3. The molecule has 0 bridgehead atoms. The van der Waals surface area contributed by atoms with Crippen molar-refractivity contribution < 1.29 is 30.0 Å². The Morgan fingerprint density at radius 1 is 0.480 bits per heavy atom. The molecule has 0 saturated heterocycles. The van der Waals surface area contributed by atoms with Crippen LogP contribution in [0.4, 0.5) is 0 Å². The van der Waals surface area contributed by atoms with Gasteiger partial charge in [-0.1, -0.05) is 176 Å². The summed E-state index contributed by atoms with van der Waals surface area (Å²) in [6.45, 7) is 3.00. The quantitative estimate of drug-likeness (QED) is 0.0568. The normalized spacial score (nSPS) is 11.1. The number of imidazole rings is 1. The first kappa shape index (κ1) is 49.5. The zero-order chi connectivity index (χ0) is 50.4. The van der Waals surface area contributed by atoms with Crippen molar-refractivity contribution in [2.24, 2.45) is 0 Å². The monoisotopic (exact) mass is 1150 g/mol. The minimum Gasteiger partial charge on any atom is -0.512 e. The van der Waals surface area contributed by atoms with Gasteiger partial charge in [-0.15, -0.1) is 35.9 Å². The van der Waals surface area contributed by atoms with Crippen LogP contribution in [-0.2, 0) is 20.1 Å². The largest absolute Gasteiger partial charge is 0.512 e. The maximum absolute atomic E-state index is 8.40. The van der Waals surface area contributed by atoms with Crippen LogP contribution in [0.1, 0.15) is 13.8 Å². The second kappa shape index (κ2) is 22.4. The van der Waals surface area contributed by atoms with Gasteiger partial charge in [-0.25, -0.2) is 4.98 Å². The Kier molecular flexibility index (Phi) is 14.8. The summed E-state index contributed by atoms with van der Waals surface area (Å²) in [5, 5.41) is 18.4. The molecule has 0 aliphatic heterocycles. The van der Waals surface area contributed by atoms with Crippen LogP contribution in [0.2, 0.25) is 0 Å². The van der Waals surface area contributed by atoms with Gasteiger partial charge in [-0.2, -0.15) is 0 Å². The minimum atomic E-state index is 0. The van der Waals surface area contributed by atoms with Crippen molar-refractivity contribution in [1.82, 2.24) is 14.5 Å². The maximum Gasteiger partial charge on any atom is 0.316 e. The van der Waals surface area contributed by atoms with E-state index in [1.54, 1.807) is 6.20 Å². The molecule has 5 nitrogen and oxygen atoms in total. The summed E-state index contributed by atoms with van der Waals surface area (Å²) in [6, 6.07) is 91.6. The van der Waals surface area contributed by atoms with E-state index in [4.69, 9.17) is 14.9 Å². The van der Waals surface area contributed by atoms with Crippen molar-refractivity contribution >= 4 is 59.9 Å². The summed E-state index contributed by atoms with van der Waals surface area (Å²) in [6.07, 6.45) is 3.07. The number of pyridine rings is 1. The van der Waals surface area contributed by atoms with Crippen LogP contribution in [0.25, 0.3) is 116 Å². The van der Waals surface area contributed by atoms with E-state index in [9.17, 15) is 0 Å². The number of allylic oxidation sites excluding steroid dienone is 2. The number of aliphatic hydroxyl groups is 1. The summed E-state index contributed by atoms with van der Waals surface area (Å²) in [7, 11) is 0. The van der Waals surface area contributed by atoms with E-state index in [-0.39, 0.29) is 31.6 Å². The fraction of sp³-hybridized carbons (Fsp3) is 0.0290. The van der Waals surface area contributed by atoms with Crippen LogP contribution in [0.3, 0.4) is 0 Å². The Labute approximate surface area is 450 Å². The van der Waals surface area contributed by atoms with Crippen molar-refractivity contribution in [3.05, 3.63) is 273 Å². The van der Waals surface area contributed by atoms with Gasteiger partial charge < -0.3 is 10.1 Å². The standard InChI is InChI=1S/C53H34N2.C11H8N.C5H8O2.Ir/c1-2-16-44(17-3-1)55-50-21-11-10-20-49(50)54-53(55)38-26-22-37(23-27-38)41-30-31-47-48(34-41)52(43-29-25-36-13-5-7-15-40(36)33-43)46-19-9-8-18-45(46)51(47)42-28-24-35-12-4-6-14-39(35)32-42;1-2-6-10(7-3-1)11-8-4-5-9-12-11;1-4(6)3-5(2)7;/h1-34H;1-6,8-9H;3,6H,1-2H3;/q;-1;;/p+1. The van der Waals surface area contributed by atoms with E-state index >= 15 is 0 Å². The molecular weight excluding hydrogens is 1090 g/mol. The molecule has 2 N–H and O–H groups in total. The third kappa shape index (κ3) is 10.6. The van der Waals surface area contributed by atoms with E-state index in [2.05, 4.69) is 222 Å². The van der Waals surface area contributed by atoms with Gasteiger partial charge in [-0.3, -0.25) is 9.36 Å². The molecule has 363 valence electrons. The molecule has 0 atom stereocenters. The molecule has 0 spiro atoms. The Morgan fingerprint density at radius 3 is 1.61 bits per heavy atom. The van der Waals surface area contributed by atoms with Crippen LogP contribution in [0.15, 0.2) is 267 Å².